The molecule has 8 heteroatoms. The maximum atomic E-state index is 12.0. The summed E-state index contributed by atoms with van der Waals surface area (Å²) < 4.78 is 32.9. The average molecular weight is 293 g/mol. The summed E-state index contributed by atoms with van der Waals surface area (Å²) in [6.45, 7) is 3.07. The molecule has 1 aromatic rings. The first kappa shape index (κ1) is 15.2. The van der Waals surface area contributed by atoms with E-state index < -0.39 is 9.84 Å². The Hall–Kier alpha value is -0.860. The highest BCUT2D eigenvalue weighted by Gasteiger charge is 2.24. The number of sulfone groups is 1. The van der Waals surface area contributed by atoms with Gasteiger partial charge in [0, 0.05) is 20.3 Å². The lowest BCUT2D eigenvalue weighted by Gasteiger charge is -2.07. The maximum Gasteiger partial charge on any atom is 0.185 e. The van der Waals surface area contributed by atoms with Crippen molar-refractivity contribution in [1.82, 2.24) is 4.37 Å². The van der Waals surface area contributed by atoms with Crippen LogP contribution >= 0.6 is 11.5 Å². The van der Waals surface area contributed by atoms with Gasteiger partial charge in [0.2, 0.25) is 0 Å². The van der Waals surface area contributed by atoms with Crippen LogP contribution in [0.1, 0.15) is 19.8 Å². The van der Waals surface area contributed by atoms with Gasteiger partial charge < -0.3 is 15.8 Å². The number of nitrogen functional groups attached to an aromatic ring is 1. The molecule has 0 spiro atoms. The summed E-state index contributed by atoms with van der Waals surface area (Å²) in [5, 5.41) is 3.58. The second-order valence-electron chi connectivity index (χ2n) is 3.82. The molecule has 3 N–H and O–H groups in total. The zero-order chi connectivity index (χ0) is 13.6. The topological polar surface area (TPSA) is 94.3 Å². The summed E-state index contributed by atoms with van der Waals surface area (Å²) in [7, 11) is -1.72. The number of nitrogens with one attached hydrogen (secondary N) is 1. The Balaban J connectivity index is 2.82. The third-order valence-corrected chi connectivity index (χ3v) is 5.20. The van der Waals surface area contributed by atoms with Crippen LogP contribution in [-0.2, 0) is 14.6 Å². The summed E-state index contributed by atoms with van der Waals surface area (Å²) >= 11 is 1.08. The minimum absolute atomic E-state index is 0.0857. The SMILES string of the molecule is CCCS(=O)(=O)c1c(N)nsc1NCCCOC. The fraction of sp³-hybridized carbons (Fsp3) is 0.700. The number of nitrogens with zero attached hydrogens (tertiary/aromatic N) is 1. The predicted octanol–water partition coefficient (Wildman–Crippen LogP) is 1.36. The van der Waals surface area contributed by atoms with Crippen LogP contribution in [0.4, 0.5) is 10.8 Å². The molecular formula is C10H19N3O3S2. The standard InChI is InChI=1S/C10H19N3O3S2/c1-3-7-18(14,15)8-9(11)13-17-10(8)12-5-4-6-16-2/h12H,3-7H2,1-2H3,(H2,11,13). The van der Waals surface area contributed by atoms with Gasteiger partial charge in [-0.1, -0.05) is 6.92 Å². The van der Waals surface area contributed by atoms with E-state index in [1.807, 2.05) is 6.92 Å². The molecule has 0 atom stereocenters. The molecule has 0 radical (unpaired) electrons. The summed E-state index contributed by atoms with van der Waals surface area (Å²) in [4.78, 5) is 0.145. The zero-order valence-electron chi connectivity index (χ0n) is 10.6. The Morgan fingerprint density at radius 2 is 2.22 bits per heavy atom. The summed E-state index contributed by atoms with van der Waals surface area (Å²) in [5.74, 6) is 0.172. The van der Waals surface area contributed by atoms with Gasteiger partial charge in [-0.05, 0) is 24.4 Å². The number of anilines is 2. The van der Waals surface area contributed by atoms with Crippen molar-refractivity contribution >= 4 is 32.2 Å². The molecular weight excluding hydrogens is 274 g/mol. The van der Waals surface area contributed by atoms with E-state index in [0.29, 0.717) is 24.6 Å². The normalized spacial score (nSPS) is 11.7. The van der Waals surface area contributed by atoms with Crippen LogP contribution < -0.4 is 11.1 Å². The van der Waals surface area contributed by atoms with E-state index in [2.05, 4.69) is 9.69 Å². The molecule has 1 heterocycles. The monoisotopic (exact) mass is 293 g/mol. The van der Waals surface area contributed by atoms with E-state index in [-0.39, 0.29) is 16.5 Å². The molecule has 0 saturated carbocycles. The van der Waals surface area contributed by atoms with E-state index >= 15 is 0 Å². The lowest BCUT2D eigenvalue weighted by atomic mass is 10.4. The Kier molecular flexibility index (Phi) is 5.83. The molecule has 6 nitrogen and oxygen atoms in total. The molecule has 104 valence electrons. The van der Waals surface area contributed by atoms with Gasteiger partial charge in [-0.25, -0.2) is 8.42 Å². The molecule has 0 bridgehead atoms. The number of ether oxygens (including phenoxy) is 1. The number of methoxy groups -OCH3 is 1. The van der Waals surface area contributed by atoms with E-state index in [4.69, 9.17) is 10.5 Å². The van der Waals surface area contributed by atoms with Crippen molar-refractivity contribution in [1.29, 1.82) is 0 Å². The average Bonchev–Trinajstić information content (AvgIpc) is 2.67. The van der Waals surface area contributed by atoms with Crippen molar-refractivity contribution < 1.29 is 13.2 Å². The van der Waals surface area contributed by atoms with Crippen LogP contribution in [0.3, 0.4) is 0 Å². The number of hydrogen-bond acceptors (Lipinski definition) is 7. The maximum absolute atomic E-state index is 12.0. The van der Waals surface area contributed by atoms with E-state index in [0.717, 1.165) is 18.0 Å². The van der Waals surface area contributed by atoms with E-state index in [1.54, 1.807) is 7.11 Å². The molecule has 0 aliphatic rings. The first-order valence-electron chi connectivity index (χ1n) is 5.73. The summed E-state index contributed by atoms with van der Waals surface area (Å²) in [6, 6.07) is 0. The van der Waals surface area contributed by atoms with Gasteiger partial charge >= 0.3 is 0 Å². The van der Waals surface area contributed by atoms with Crippen LogP contribution in [0, 0.1) is 0 Å². The number of nitrogens with two attached hydrogens (primary N) is 1. The van der Waals surface area contributed by atoms with Gasteiger partial charge in [-0.2, -0.15) is 4.37 Å². The van der Waals surface area contributed by atoms with Gasteiger partial charge in [0.1, 0.15) is 9.90 Å². The van der Waals surface area contributed by atoms with Crippen molar-refractivity contribution in [2.45, 2.75) is 24.7 Å². The fourth-order valence-corrected chi connectivity index (χ4v) is 4.14. The Bertz CT molecular complexity index is 471. The van der Waals surface area contributed by atoms with Gasteiger partial charge in [-0.3, -0.25) is 0 Å². The third-order valence-electron chi connectivity index (χ3n) is 2.27. The second kappa shape index (κ2) is 6.91. The van der Waals surface area contributed by atoms with Crippen LogP contribution in [-0.4, -0.2) is 38.8 Å². The summed E-state index contributed by atoms with van der Waals surface area (Å²) in [5.41, 5.74) is 5.64. The molecule has 0 amide bonds. The predicted molar refractivity (Wildman–Crippen MR) is 73.9 cm³/mol. The molecule has 18 heavy (non-hydrogen) atoms. The van der Waals surface area contributed by atoms with Gasteiger partial charge in [-0.15, -0.1) is 0 Å². The quantitative estimate of drug-likeness (QED) is 0.703. The van der Waals surface area contributed by atoms with Crippen molar-refractivity contribution in [3.8, 4) is 0 Å². The van der Waals surface area contributed by atoms with Crippen LogP contribution in [0.25, 0.3) is 0 Å². The highest BCUT2D eigenvalue weighted by molar-refractivity contribution is 7.91. The second-order valence-corrected chi connectivity index (χ2v) is 6.64. The largest absolute Gasteiger partial charge is 0.385 e. The van der Waals surface area contributed by atoms with Gasteiger partial charge in [0.15, 0.2) is 15.7 Å². The zero-order valence-corrected chi connectivity index (χ0v) is 12.2. The van der Waals surface area contributed by atoms with Crippen molar-refractivity contribution in [3.63, 3.8) is 0 Å². The molecule has 0 aromatic carbocycles. The molecule has 0 aliphatic heterocycles. The van der Waals surface area contributed by atoms with Crippen molar-refractivity contribution in [3.05, 3.63) is 0 Å². The van der Waals surface area contributed by atoms with Gasteiger partial charge in [0.25, 0.3) is 0 Å². The Morgan fingerprint density at radius 3 is 2.83 bits per heavy atom. The molecule has 1 rings (SSSR count). The van der Waals surface area contributed by atoms with Crippen LogP contribution in [0.15, 0.2) is 4.90 Å². The van der Waals surface area contributed by atoms with Crippen molar-refractivity contribution in [2.24, 2.45) is 0 Å². The lowest BCUT2D eigenvalue weighted by molar-refractivity contribution is 0.198. The van der Waals surface area contributed by atoms with Gasteiger partial charge in [0.05, 0.1) is 5.75 Å². The number of aromatic nitrogens is 1. The highest BCUT2D eigenvalue weighted by Crippen LogP contribution is 2.32. The van der Waals surface area contributed by atoms with Crippen LogP contribution in [0.2, 0.25) is 0 Å². The summed E-state index contributed by atoms with van der Waals surface area (Å²) in [6.07, 6.45) is 1.35. The molecule has 0 fully saturated rings. The first-order valence-corrected chi connectivity index (χ1v) is 8.16. The lowest BCUT2D eigenvalue weighted by Crippen LogP contribution is -2.11. The highest BCUT2D eigenvalue weighted by atomic mass is 32.2. The van der Waals surface area contributed by atoms with Crippen molar-refractivity contribution in [2.75, 3.05) is 37.1 Å². The first-order chi connectivity index (χ1) is 8.53. The molecule has 1 aromatic heterocycles. The smallest absolute Gasteiger partial charge is 0.185 e. The van der Waals surface area contributed by atoms with Crippen LogP contribution in [0.5, 0.6) is 0 Å². The third kappa shape index (κ3) is 3.82. The van der Waals surface area contributed by atoms with E-state index in [9.17, 15) is 8.42 Å². The Morgan fingerprint density at radius 1 is 1.50 bits per heavy atom. The van der Waals surface area contributed by atoms with E-state index in [1.165, 1.54) is 0 Å². The molecule has 0 aliphatic carbocycles. The fourth-order valence-electron chi connectivity index (χ4n) is 1.50. The molecule has 0 saturated heterocycles. The number of rotatable bonds is 8. The number of hydrogen-bond donors (Lipinski definition) is 2. The molecule has 0 unspecified atom stereocenters. The minimum Gasteiger partial charge on any atom is -0.385 e. The minimum atomic E-state index is -3.34. The Labute approximate surface area is 112 Å².